The van der Waals surface area contributed by atoms with Gasteiger partial charge in [-0.05, 0) is 26.3 Å². The van der Waals surface area contributed by atoms with Crippen LogP contribution in [0.25, 0.3) is 0 Å². The van der Waals surface area contributed by atoms with Crippen molar-refractivity contribution < 1.29 is 14.3 Å². The van der Waals surface area contributed by atoms with Crippen molar-refractivity contribution in [2.75, 3.05) is 30.9 Å². The molecule has 0 bridgehead atoms. The first kappa shape index (κ1) is 24.7. The number of imide groups is 1. The number of methoxy groups -OCH3 is 1. The highest BCUT2D eigenvalue weighted by Crippen LogP contribution is 2.19. The van der Waals surface area contributed by atoms with Gasteiger partial charge in [-0.1, -0.05) is 30.3 Å². The second-order valence-electron chi connectivity index (χ2n) is 8.23. The first-order valence-corrected chi connectivity index (χ1v) is 10.0. The van der Waals surface area contributed by atoms with E-state index < -0.39 is 28.7 Å². The number of nitrogens with one attached hydrogen (secondary N) is 3. The van der Waals surface area contributed by atoms with Crippen molar-refractivity contribution in [2.45, 2.75) is 39.4 Å². The summed E-state index contributed by atoms with van der Waals surface area (Å²) >= 11 is 0. The smallest absolute Gasteiger partial charge is 0.330 e. The van der Waals surface area contributed by atoms with Gasteiger partial charge < -0.3 is 20.7 Å². The number of nitrogens with two attached hydrogens (primary N) is 1. The molecule has 0 spiro atoms. The van der Waals surface area contributed by atoms with E-state index in [9.17, 15) is 19.2 Å². The topological polar surface area (TPSA) is 152 Å². The minimum Gasteiger partial charge on any atom is -0.383 e. The largest absolute Gasteiger partial charge is 0.383 e. The van der Waals surface area contributed by atoms with Gasteiger partial charge in [0, 0.05) is 19.2 Å². The summed E-state index contributed by atoms with van der Waals surface area (Å²) in [6, 6.07) is 8.46. The van der Waals surface area contributed by atoms with Crippen LogP contribution >= 0.6 is 0 Å². The Bertz CT molecular complexity index is 1060. The van der Waals surface area contributed by atoms with Crippen molar-refractivity contribution in [3.63, 3.8) is 0 Å². The molecule has 0 saturated heterocycles. The van der Waals surface area contributed by atoms with E-state index in [1.807, 2.05) is 30.3 Å². The minimum absolute atomic E-state index is 0.0454. The highest BCUT2D eigenvalue weighted by Gasteiger charge is 2.23. The van der Waals surface area contributed by atoms with Crippen LogP contribution < -0.4 is 32.5 Å². The molecule has 11 heteroatoms. The van der Waals surface area contributed by atoms with E-state index in [1.165, 1.54) is 16.6 Å². The maximum absolute atomic E-state index is 12.7. The van der Waals surface area contributed by atoms with Gasteiger partial charge in [0.05, 0.1) is 19.7 Å². The summed E-state index contributed by atoms with van der Waals surface area (Å²) in [7, 11) is 1.47. The Morgan fingerprint density at radius 1 is 1.19 bits per heavy atom. The minimum atomic E-state index is -0.732. The Labute approximate surface area is 185 Å². The van der Waals surface area contributed by atoms with Gasteiger partial charge in [0.25, 0.3) is 5.56 Å². The van der Waals surface area contributed by atoms with E-state index in [-0.39, 0.29) is 37.7 Å². The Hall–Kier alpha value is -3.60. The molecule has 0 radical (unpaired) electrons. The van der Waals surface area contributed by atoms with E-state index in [2.05, 4.69) is 15.6 Å². The summed E-state index contributed by atoms with van der Waals surface area (Å²) in [5.74, 6) is -0.741. The Morgan fingerprint density at radius 3 is 2.44 bits per heavy atom. The van der Waals surface area contributed by atoms with Crippen LogP contribution in [0.3, 0.4) is 0 Å². The summed E-state index contributed by atoms with van der Waals surface area (Å²) in [5.41, 5.74) is 4.98. The number of aromatic nitrogens is 2. The van der Waals surface area contributed by atoms with Gasteiger partial charge in [0.1, 0.15) is 11.5 Å². The molecule has 11 nitrogen and oxygen atoms in total. The van der Waals surface area contributed by atoms with Crippen LogP contribution in [0.15, 0.2) is 39.9 Å². The number of rotatable bonds is 8. The van der Waals surface area contributed by atoms with Crippen molar-refractivity contribution in [1.29, 1.82) is 0 Å². The molecule has 0 atom stereocenters. The van der Waals surface area contributed by atoms with Gasteiger partial charge >= 0.3 is 11.7 Å². The lowest BCUT2D eigenvalue weighted by molar-refractivity contribution is -0.118. The van der Waals surface area contributed by atoms with Crippen LogP contribution in [-0.2, 0) is 22.6 Å². The number of nitrogen functional groups attached to an aromatic ring is 1. The lowest BCUT2D eigenvalue weighted by atomic mass is 10.1. The molecule has 5 N–H and O–H groups in total. The van der Waals surface area contributed by atoms with Crippen LogP contribution in [0.5, 0.6) is 0 Å². The van der Waals surface area contributed by atoms with E-state index in [4.69, 9.17) is 10.5 Å². The fourth-order valence-corrected chi connectivity index (χ4v) is 3.02. The fourth-order valence-electron chi connectivity index (χ4n) is 3.02. The molecule has 1 aromatic heterocycles. The zero-order valence-electron chi connectivity index (χ0n) is 18.7. The van der Waals surface area contributed by atoms with Crippen LogP contribution in [0.1, 0.15) is 26.3 Å². The first-order valence-electron chi connectivity index (χ1n) is 10.0. The maximum Gasteiger partial charge on any atom is 0.330 e. The van der Waals surface area contributed by atoms with Gasteiger partial charge in [-0.15, -0.1) is 0 Å². The van der Waals surface area contributed by atoms with Crippen molar-refractivity contribution in [3.05, 3.63) is 56.7 Å². The Balaban J connectivity index is 2.40. The average molecular weight is 447 g/mol. The Morgan fingerprint density at radius 2 is 1.84 bits per heavy atom. The molecule has 0 saturated carbocycles. The van der Waals surface area contributed by atoms with Gasteiger partial charge in [-0.3, -0.25) is 24.5 Å². The van der Waals surface area contributed by atoms with Crippen molar-refractivity contribution in [1.82, 2.24) is 20.2 Å². The number of urea groups is 1. The van der Waals surface area contributed by atoms with Crippen molar-refractivity contribution >= 4 is 23.4 Å². The monoisotopic (exact) mass is 446 g/mol. The number of ether oxygens (including phenoxy) is 1. The normalized spacial score (nSPS) is 11.1. The maximum atomic E-state index is 12.7. The third-order valence-electron chi connectivity index (χ3n) is 4.34. The molecule has 2 aromatic rings. The molecule has 0 unspecified atom stereocenters. The van der Waals surface area contributed by atoms with E-state index in [0.717, 1.165) is 5.56 Å². The number of carbonyl (C=O) groups excluding carboxylic acids is 2. The van der Waals surface area contributed by atoms with E-state index in [0.29, 0.717) is 0 Å². The van der Waals surface area contributed by atoms with Crippen molar-refractivity contribution in [2.24, 2.45) is 0 Å². The molecule has 3 amide bonds. The molecule has 32 heavy (non-hydrogen) atoms. The summed E-state index contributed by atoms with van der Waals surface area (Å²) in [6.45, 7) is 5.45. The van der Waals surface area contributed by atoms with Crippen LogP contribution in [0.4, 0.5) is 16.3 Å². The lowest BCUT2D eigenvalue weighted by Gasteiger charge is -2.26. The second kappa shape index (κ2) is 10.6. The quantitative estimate of drug-likeness (QED) is 0.458. The molecule has 1 heterocycles. The molecule has 0 aliphatic heterocycles. The lowest BCUT2D eigenvalue weighted by Crippen LogP contribution is -2.51. The first-order chi connectivity index (χ1) is 15.0. The molecule has 1 aromatic carbocycles. The number of anilines is 2. The van der Waals surface area contributed by atoms with Crippen LogP contribution in [0, 0.1) is 0 Å². The van der Waals surface area contributed by atoms with E-state index in [1.54, 1.807) is 20.8 Å². The summed E-state index contributed by atoms with van der Waals surface area (Å²) in [4.78, 5) is 53.2. The molecule has 0 aliphatic carbocycles. The summed E-state index contributed by atoms with van der Waals surface area (Å²) in [5, 5.41) is 4.88. The standard InChI is InChI=1S/C21H30N6O5/c1-21(2,3)25-19(30)23-15(28)13-26(12-14-8-6-5-7-9-14)16-17(22)27(10-11-32-4)20(31)24-18(16)29/h5-9H,10-13,22H2,1-4H3,(H,24,29,31)(H2,23,25,28,30). The number of amides is 3. The summed E-state index contributed by atoms with van der Waals surface area (Å²) in [6.07, 6.45) is 0. The van der Waals surface area contributed by atoms with Gasteiger partial charge in [0.2, 0.25) is 5.91 Å². The number of hydrogen-bond donors (Lipinski definition) is 4. The molecule has 174 valence electrons. The molecule has 2 rings (SSSR count). The number of aromatic amines is 1. The zero-order chi connectivity index (χ0) is 23.9. The molecule has 0 aliphatic rings. The molecule has 0 fully saturated rings. The third-order valence-corrected chi connectivity index (χ3v) is 4.34. The predicted molar refractivity (Wildman–Crippen MR) is 122 cm³/mol. The van der Waals surface area contributed by atoms with Gasteiger partial charge in [0.15, 0.2) is 0 Å². The van der Waals surface area contributed by atoms with Gasteiger partial charge in [-0.25, -0.2) is 9.59 Å². The van der Waals surface area contributed by atoms with E-state index >= 15 is 0 Å². The number of carbonyl (C=O) groups is 2. The Kier molecular flexibility index (Phi) is 8.19. The number of H-pyrrole nitrogens is 1. The molecular formula is C21H30N6O5. The van der Waals surface area contributed by atoms with Crippen molar-refractivity contribution in [3.8, 4) is 0 Å². The third kappa shape index (κ3) is 6.98. The highest BCUT2D eigenvalue weighted by molar-refractivity contribution is 5.96. The van der Waals surface area contributed by atoms with Crippen LogP contribution in [0.2, 0.25) is 0 Å². The summed E-state index contributed by atoms with van der Waals surface area (Å²) < 4.78 is 6.17. The van der Waals surface area contributed by atoms with Gasteiger partial charge in [-0.2, -0.15) is 0 Å². The molecular weight excluding hydrogens is 416 g/mol. The number of hydrogen-bond acceptors (Lipinski definition) is 7. The second-order valence-corrected chi connectivity index (χ2v) is 8.23. The number of nitrogens with zero attached hydrogens (tertiary/aromatic N) is 2. The van der Waals surface area contributed by atoms with Crippen LogP contribution in [-0.4, -0.2) is 47.3 Å². The fraction of sp³-hybridized carbons (Fsp3) is 0.429. The zero-order valence-corrected chi connectivity index (χ0v) is 18.7. The highest BCUT2D eigenvalue weighted by atomic mass is 16.5. The predicted octanol–water partition coefficient (Wildman–Crippen LogP) is 0.396. The number of benzene rings is 1. The average Bonchev–Trinajstić information content (AvgIpc) is 2.66. The SMILES string of the molecule is COCCn1c(N)c(N(CC(=O)NC(=O)NC(C)(C)C)Cc2ccccc2)c(=O)[nH]c1=O.